The minimum absolute atomic E-state index is 0.404. The van der Waals surface area contributed by atoms with Crippen molar-refractivity contribution in [2.75, 3.05) is 0 Å². The highest BCUT2D eigenvalue weighted by Gasteiger charge is 2.06. The smallest absolute Gasteiger partial charge is 0.248 e. The third-order valence-electron chi connectivity index (χ3n) is 3.16. The van der Waals surface area contributed by atoms with Crippen LogP contribution in [0.2, 0.25) is 0 Å². The molecule has 0 fully saturated rings. The fourth-order valence-corrected chi connectivity index (χ4v) is 2.14. The van der Waals surface area contributed by atoms with Crippen molar-refractivity contribution >= 4 is 16.8 Å². The van der Waals surface area contributed by atoms with Crippen LogP contribution in [0.3, 0.4) is 0 Å². The zero-order chi connectivity index (χ0) is 13.2. The Balaban J connectivity index is 1.90. The third-order valence-corrected chi connectivity index (χ3v) is 3.16. The molecule has 0 radical (unpaired) electrons. The van der Waals surface area contributed by atoms with Crippen molar-refractivity contribution in [3.8, 4) is 0 Å². The summed E-state index contributed by atoms with van der Waals surface area (Å²) >= 11 is 0. The fraction of sp³-hybridized carbons (Fsp3) is 0.0667. The third kappa shape index (κ3) is 2.20. The van der Waals surface area contributed by atoms with E-state index in [2.05, 4.69) is 10.2 Å². The molecule has 0 aliphatic rings. The molecule has 0 bridgehead atoms. The first-order chi connectivity index (χ1) is 9.24. The van der Waals surface area contributed by atoms with Gasteiger partial charge in [0.25, 0.3) is 0 Å². The van der Waals surface area contributed by atoms with Gasteiger partial charge in [-0.3, -0.25) is 9.89 Å². The summed E-state index contributed by atoms with van der Waals surface area (Å²) in [5.41, 5.74) is 8.89. The van der Waals surface area contributed by atoms with Gasteiger partial charge in [-0.05, 0) is 23.8 Å². The predicted molar refractivity (Wildman–Crippen MR) is 73.9 cm³/mol. The Labute approximate surface area is 110 Å². The predicted octanol–water partition coefficient (Wildman–Crippen LogP) is 2.25. The van der Waals surface area contributed by atoms with Gasteiger partial charge in [0.1, 0.15) is 0 Å². The molecule has 4 nitrogen and oxygen atoms in total. The average Bonchev–Trinajstić information content (AvgIpc) is 2.83. The van der Waals surface area contributed by atoms with Gasteiger partial charge in [0.2, 0.25) is 5.91 Å². The Morgan fingerprint density at radius 3 is 2.58 bits per heavy atom. The Morgan fingerprint density at radius 2 is 1.84 bits per heavy atom. The molecule has 1 amide bonds. The zero-order valence-corrected chi connectivity index (χ0v) is 10.3. The number of hydrogen-bond acceptors (Lipinski definition) is 2. The summed E-state index contributed by atoms with van der Waals surface area (Å²) in [5.74, 6) is -0.404. The van der Waals surface area contributed by atoms with Gasteiger partial charge in [-0.2, -0.15) is 5.10 Å². The summed E-state index contributed by atoms with van der Waals surface area (Å²) in [6, 6.07) is 15.3. The summed E-state index contributed by atoms with van der Waals surface area (Å²) in [5, 5.41) is 8.45. The minimum Gasteiger partial charge on any atom is -0.366 e. The summed E-state index contributed by atoms with van der Waals surface area (Å²) in [4.78, 5) is 11.0. The Bertz CT molecular complexity index is 728. The largest absolute Gasteiger partial charge is 0.366 e. The molecule has 0 aliphatic carbocycles. The van der Waals surface area contributed by atoms with Crippen LogP contribution in [-0.2, 0) is 6.42 Å². The van der Waals surface area contributed by atoms with Crippen LogP contribution in [0, 0.1) is 0 Å². The van der Waals surface area contributed by atoms with Crippen molar-refractivity contribution < 1.29 is 4.79 Å². The summed E-state index contributed by atoms with van der Waals surface area (Å²) in [7, 11) is 0. The normalized spacial score (nSPS) is 10.7. The number of para-hydroxylation sites is 1. The van der Waals surface area contributed by atoms with Crippen molar-refractivity contribution in [2.45, 2.75) is 6.42 Å². The van der Waals surface area contributed by atoms with Crippen molar-refractivity contribution in [3.05, 3.63) is 65.4 Å². The molecule has 4 heteroatoms. The molecule has 19 heavy (non-hydrogen) atoms. The number of fused-ring (bicyclic) bond motifs is 1. The first kappa shape index (κ1) is 11.5. The minimum atomic E-state index is -0.404. The molecular weight excluding hydrogens is 238 g/mol. The van der Waals surface area contributed by atoms with Gasteiger partial charge in [0, 0.05) is 23.1 Å². The van der Waals surface area contributed by atoms with E-state index in [1.165, 1.54) is 0 Å². The standard InChI is InChI=1S/C15H13N3O/c16-15(19)11-7-5-10(6-8-11)9-14-12-3-1-2-4-13(12)17-18-14/h1-8H,9H2,(H2,16,19)(H,17,18). The quantitative estimate of drug-likeness (QED) is 0.749. The van der Waals surface area contributed by atoms with E-state index in [1.54, 1.807) is 12.1 Å². The van der Waals surface area contributed by atoms with Gasteiger partial charge in [-0.15, -0.1) is 0 Å². The van der Waals surface area contributed by atoms with Gasteiger partial charge in [-0.1, -0.05) is 30.3 Å². The lowest BCUT2D eigenvalue weighted by Crippen LogP contribution is -2.10. The summed E-state index contributed by atoms with van der Waals surface area (Å²) in [6.45, 7) is 0. The monoisotopic (exact) mass is 251 g/mol. The van der Waals surface area contributed by atoms with Crippen LogP contribution in [0.4, 0.5) is 0 Å². The van der Waals surface area contributed by atoms with E-state index < -0.39 is 5.91 Å². The lowest BCUT2D eigenvalue weighted by Gasteiger charge is -2.01. The number of nitrogens with one attached hydrogen (secondary N) is 1. The molecule has 0 saturated heterocycles. The van der Waals surface area contributed by atoms with Crippen LogP contribution in [0.1, 0.15) is 21.6 Å². The van der Waals surface area contributed by atoms with E-state index in [0.29, 0.717) is 5.56 Å². The van der Waals surface area contributed by atoms with Crippen LogP contribution >= 0.6 is 0 Å². The molecule has 1 aromatic heterocycles. The molecule has 3 rings (SSSR count). The summed E-state index contributed by atoms with van der Waals surface area (Å²) in [6.07, 6.45) is 0.750. The van der Waals surface area contributed by atoms with E-state index in [-0.39, 0.29) is 0 Å². The molecule has 0 spiro atoms. The van der Waals surface area contributed by atoms with Crippen molar-refractivity contribution in [1.82, 2.24) is 10.2 Å². The first-order valence-electron chi connectivity index (χ1n) is 6.05. The number of rotatable bonds is 3. The molecule has 0 unspecified atom stereocenters. The summed E-state index contributed by atoms with van der Waals surface area (Å²) < 4.78 is 0. The molecule has 1 heterocycles. The van der Waals surface area contributed by atoms with Crippen LogP contribution in [0.25, 0.3) is 10.9 Å². The van der Waals surface area contributed by atoms with Gasteiger partial charge < -0.3 is 5.73 Å². The molecule has 0 atom stereocenters. The van der Waals surface area contributed by atoms with Gasteiger partial charge in [0.15, 0.2) is 0 Å². The number of H-pyrrole nitrogens is 1. The molecule has 2 aromatic carbocycles. The number of nitrogens with zero attached hydrogens (tertiary/aromatic N) is 1. The lowest BCUT2D eigenvalue weighted by molar-refractivity contribution is 0.100. The van der Waals surface area contributed by atoms with Crippen LogP contribution in [0.15, 0.2) is 48.5 Å². The zero-order valence-electron chi connectivity index (χ0n) is 10.3. The van der Waals surface area contributed by atoms with Crippen LogP contribution in [-0.4, -0.2) is 16.1 Å². The highest BCUT2D eigenvalue weighted by molar-refractivity contribution is 5.92. The van der Waals surface area contributed by atoms with E-state index in [9.17, 15) is 4.79 Å². The van der Waals surface area contributed by atoms with E-state index in [0.717, 1.165) is 28.6 Å². The van der Waals surface area contributed by atoms with Gasteiger partial charge in [-0.25, -0.2) is 0 Å². The first-order valence-corrected chi connectivity index (χ1v) is 6.05. The second-order valence-electron chi connectivity index (χ2n) is 4.46. The maximum Gasteiger partial charge on any atom is 0.248 e. The molecule has 0 aliphatic heterocycles. The van der Waals surface area contributed by atoms with Crippen LogP contribution < -0.4 is 5.73 Å². The maximum absolute atomic E-state index is 11.0. The second-order valence-corrected chi connectivity index (χ2v) is 4.46. The number of amides is 1. The highest BCUT2D eigenvalue weighted by Crippen LogP contribution is 2.18. The van der Waals surface area contributed by atoms with Gasteiger partial charge >= 0.3 is 0 Å². The number of nitrogens with two attached hydrogens (primary N) is 1. The van der Waals surface area contributed by atoms with Crippen molar-refractivity contribution in [3.63, 3.8) is 0 Å². The number of carbonyl (C=O) groups is 1. The fourth-order valence-electron chi connectivity index (χ4n) is 2.14. The molecular formula is C15H13N3O. The van der Waals surface area contributed by atoms with E-state index >= 15 is 0 Å². The number of hydrogen-bond donors (Lipinski definition) is 2. The van der Waals surface area contributed by atoms with E-state index in [1.807, 2.05) is 36.4 Å². The number of primary amides is 1. The lowest BCUT2D eigenvalue weighted by atomic mass is 10.0. The number of aromatic nitrogens is 2. The van der Waals surface area contributed by atoms with Crippen molar-refractivity contribution in [1.29, 1.82) is 0 Å². The molecule has 3 N–H and O–H groups in total. The molecule has 0 saturated carbocycles. The van der Waals surface area contributed by atoms with Gasteiger partial charge in [0.05, 0.1) is 5.52 Å². The van der Waals surface area contributed by atoms with E-state index in [4.69, 9.17) is 5.73 Å². The Hall–Kier alpha value is -2.62. The number of benzene rings is 2. The Morgan fingerprint density at radius 1 is 1.11 bits per heavy atom. The molecule has 94 valence electrons. The maximum atomic E-state index is 11.0. The highest BCUT2D eigenvalue weighted by atomic mass is 16.1. The molecule has 3 aromatic rings. The Kier molecular flexibility index (Phi) is 2.76. The van der Waals surface area contributed by atoms with Crippen LogP contribution in [0.5, 0.6) is 0 Å². The number of carbonyl (C=O) groups excluding carboxylic acids is 1. The SMILES string of the molecule is NC(=O)c1ccc(Cc2[nH]nc3ccccc23)cc1. The topological polar surface area (TPSA) is 71.8 Å². The number of aromatic amines is 1. The average molecular weight is 251 g/mol. The van der Waals surface area contributed by atoms with Crippen molar-refractivity contribution in [2.24, 2.45) is 5.73 Å². The second kappa shape index (κ2) is 4.57.